The van der Waals surface area contributed by atoms with E-state index in [0.29, 0.717) is 0 Å². The van der Waals surface area contributed by atoms with Crippen LogP contribution in [0.25, 0.3) is 0 Å². The van der Waals surface area contributed by atoms with E-state index in [0.717, 1.165) is 51.1 Å². The number of rotatable bonds is 9. The van der Waals surface area contributed by atoms with Gasteiger partial charge in [0.25, 0.3) is 0 Å². The third kappa shape index (κ3) is 10.0. The van der Waals surface area contributed by atoms with Crippen molar-refractivity contribution in [1.82, 2.24) is 20.4 Å². The molecule has 2 aliphatic rings. The molecule has 0 aromatic carbocycles. The van der Waals surface area contributed by atoms with Crippen molar-refractivity contribution in [2.75, 3.05) is 73.1 Å². The molecule has 1 saturated heterocycles. The lowest BCUT2D eigenvalue weighted by atomic mass is 10.4. The van der Waals surface area contributed by atoms with E-state index in [1.165, 1.54) is 45.4 Å². The highest BCUT2D eigenvalue weighted by Crippen LogP contribution is 2.28. The predicted octanol–water partition coefficient (Wildman–Crippen LogP) is 1.22. The molecule has 142 valence electrons. The molecule has 0 unspecified atom stereocenters. The number of likely N-dealkylation sites (N-methyl/N-ethyl adjacent to an activating group) is 1. The normalized spacial score (nSPS) is 20.3. The third-order valence-corrected chi connectivity index (χ3v) is 4.56. The second-order valence-corrected chi connectivity index (χ2v) is 6.80. The number of guanidine groups is 1. The Kier molecular flexibility index (Phi) is 12.0. The molecular formula is C17H36IN5O. The molecule has 0 bridgehead atoms. The van der Waals surface area contributed by atoms with E-state index in [-0.39, 0.29) is 24.0 Å². The van der Waals surface area contributed by atoms with Crippen LogP contribution in [-0.4, -0.2) is 88.9 Å². The number of ether oxygens (including phenoxy) is 1. The van der Waals surface area contributed by atoms with E-state index in [1.54, 1.807) is 0 Å². The van der Waals surface area contributed by atoms with Crippen molar-refractivity contribution >= 4 is 29.9 Å². The van der Waals surface area contributed by atoms with E-state index >= 15 is 0 Å². The summed E-state index contributed by atoms with van der Waals surface area (Å²) >= 11 is 0. The van der Waals surface area contributed by atoms with Crippen molar-refractivity contribution in [3.63, 3.8) is 0 Å². The molecule has 2 fully saturated rings. The Morgan fingerprint density at radius 1 is 1.12 bits per heavy atom. The molecule has 0 aromatic rings. The number of halogens is 1. The number of hydrogen-bond acceptors (Lipinski definition) is 4. The molecule has 0 atom stereocenters. The minimum absolute atomic E-state index is 0. The summed E-state index contributed by atoms with van der Waals surface area (Å²) < 4.78 is 5.64. The van der Waals surface area contributed by atoms with Gasteiger partial charge in [-0.15, -0.1) is 24.0 Å². The maximum atomic E-state index is 5.64. The van der Waals surface area contributed by atoms with E-state index in [4.69, 9.17) is 4.74 Å². The van der Waals surface area contributed by atoms with Crippen LogP contribution in [0.5, 0.6) is 0 Å². The van der Waals surface area contributed by atoms with Gasteiger partial charge in [-0.25, -0.2) is 0 Å². The maximum absolute atomic E-state index is 5.64. The fourth-order valence-corrected chi connectivity index (χ4v) is 2.79. The Morgan fingerprint density at radius 2 is 1.92 bits per heavy atom. The average Bonchev–Trinajstić information content (AvgIpc) is 3.38. The predicted molar refractivity (Wildman–Crippen MR) is 111 cm³/mol. The van der Waals surface area contributed by atoms with Crippen molar-refractivity contribution < 1.29 is 4.74 Å². The number of nitrogens with one attached hydrogen (secondary N) is 2. The molecule has 1 aliphatic heterocycles. The van der Waals surface area contributed by atoms with Crippen LogP contribution >= 0.6 is 24.0 Å². The van der Waals surface area contributed by atoms with E-state index in [9.17, 15) is 0 Å². The molecule has 0 radical (unpaired) electrons. The van der Waals surface area contributed by atoms with Crippen LogP contribution < -0.4 is 10.6 Å². The maximum Gasteiger partial charge on any atom is 0.191 e. The fourth-order valence-electron chi connectivity index (χ4n) is 2.79. The Balaban J connectivity index is 0.00000288. The minimum atomic E-state index is 0. The van der Waals surface area contributed by atoms with Gasteiger partial charge >= 0.3 is 0 Å². The second-order valence-electron chi connectivity index (χ2n) is 6.80. The summed E-state index contributed by atoms with van der Waals surface area (Å²) in [6.45, 7) is 9.52. The summed E-state index contributed by atoms with van der Waals surface area (Å²) in [6, 6.07) is 0. The smallest absolute Gasteiger partial charge is 0.191 e. The van der Waals surface area contributed by atoms with Crippen LogP contribution in [0, 0.1) is 5.92 Å². The summed E-state index contributed by atoms with van der Waals surface area (Å²) in [5, 5.41) is 6.77. The molecule has 2 N–H and O–H groups in total. The van der Waals surface area contributed by atoms with Gasteiger partial charge in [0.1, 0.15) is 0 Å². The van der Waals surface area contributed by atoms with Crippen LogP contribution in [0.15, 0.2) is 4.99 Å². The summed E-state index contributed by atoms with van der Waals surface area (Å²) in [5.41, 5.74) is 0. The highest BCUT2D eigenvalue weighted by molar-refractivity contribution is 14.0. The van der Waals surface area contributed by atoms with Crippen molar-refractivity contribution in [3.05, 3.63) is 0 Å². The van der Waals surface area contributed by atoms with Crippen molar-refractivity contribution in [2.45, 2.75) is 25.7 Å². The number of nitrogens with zero attached hydrogens (tertiary/aromatic N) is 3. The monoisotopic (exact) mass is 453 g/mol. The number of hydrogen-bond donors (Lipinski definition) is 2. The molecular weight excluding hydrogens is 417 g/mol. The van der Waals surface area contributed by atoms with E-state index in [1.807, 2.05) is 7.05 Å². The van der Waals surface area contributed by atoms with Crippen LogP contribution in [0.3, 0.4) is 0 Å². The first-order chi connectivity index (χ1) is 11.3. The largest absolute Gasteiger partial charge is 0.381 e. The van der Waals surface area contributed by atoms with Gasteiger partial charge in [0.2, 0.25) is 0 Å². The van der Waals surface area contributed by atoms with Gasteiger partial charge in [-0.3, -0.25) is 4.99 Å². The zero-order chi connectivity index (χ0) is 16.3. The lowest BCUT2D eigenvalue weighted by Gasteiger charge is -2.21. The highest BCUT2D eigenvalue weighted by atomic mass is 127. The standard InChI is InChI=1S/C17H35N5O.HI/c1-18-17(19-7-3-14-23-15-16-5-6-16)20-8-11-22-10-4-9-21(2)12-13-22;/h16H,3-15H2,1-2H3,(H2,18,19,20);1H. The van der Waals surface area contributed by atoms with Crippen molar-refractivity contribution in [2.24, 2.45) is 10.9 Å². The molecule has 24 heavy (non-hydrogen) atoms. The second kappa shape index (κ2) is 13.1. The average molecular weight is 453 g/mol. The lowest BCUT2D eigenvalue weighted by Crippen LogP contribution is -2.42. The molecule has 7 heteroatoms. The minimum Gasteiger partial charge on any atom is -0.381 e. The van der Waals surface area contributed by atoms with Crippen molar-refractivity contribution in [1.29, 1.82) is 0 Å². The zero-order valence-corrected chi connectivity index (χ0v) is 17.8. The topological polar surface area (TPSA) is 52.1 Å². The molecule has 1 saturated carbocycles. The lowest BCUT2D eigenvalue weighted by molar-refractivity contribution is 0.123. The number of aliphatic imine (C=N–C) groups is 1. The van der Waals surface area contributed by atoms with E-state index < -0.39 is 0 Å². The van der Waals surface area contributed by atoms with Gasteiger partial charge in [0, 0.05) is 53.0 Å². The third-order valence-electron chi connectivity index (χ3n) is 4.56. The van der Waals surface area contributed by atoms with Gasteiger partial charge in [-0.1, -0.05) is 0 Å². The molecule has 2 rings (SSSR count). The van der Waals surface area contributed by atoms with E-state index in [2.05, 4.69) is 32.5 Å². The van der Waals surface area contributed by atoms with Crippen LogP contribution in [0.4, 0.5) is 0 Å². The van der Waals surface area contributed by atoms with Crippen molar-refractivity contribution in [3.8, 4) is 0 Å². The van der Waals surface area contributed by atoms with Gasteiger partial charge in [0.05, 0.1) is 0 Å². The first-order valence-corrected chi connectivity index (χ1v) is 9.21. The Labute approximate surface area is 164 Å². The molecule has 6 nitrogen and oxygen atoms in total. The zero-order valence-electron chi connectivity index (χ0n) is 15.4. The molecule has 1 aliphatic carbocycles. The first kappa shape index (κ1) is 21.9. The van der Waals surface area contributed by atoms with Gasteiger partial charge < -0.3 is 25.2 Å². The molecule has 0 spiro atoms. The Morgan fingerprint density at radius 3 is 2.67 bits per heavy atom. The summed E-state index contributed by atoms with van der Waals surface area (Å²) in [4.78, 5) is 9.24. The van der Waals surface area contributed by atoms with Crippen LogP contribution in [0.2, 0.25) is 0 Å². The molecule has 0 aromatic heterocycles. The van der Waals surface area contributed by atoms with Crippen LogP contribution in [-0.2, 0) is 4.74 Å². The Bertz CT molecular complexity index is 352. The van der Waals surface area contributed by atoms with Gasteiger partial charge in [-0.2, -0.15) is 0 Å². The summed E-state index contributed by atoms with van der Waals surface area (Å²) in [6.07, 6.45) is 5.03. The Hall–Kier alpha value is -0.120. The first-order valence-electron chi connectivity index (χ1n) is 9.21. The summed E-state index contributed by atoms with van der Waals surface area (Å²) in [7, 11) is 4.04. The quantitative estimate of drug-likeness (QED) is 0.238. The van der Waals surface area contributed by atoms with Crippen LogP contribution in [0.1, 0.15) is 25.7 Å². The highest BCUT2D eigenvalue weighted by Gasteiger charge is 2.20. The fraction of sp³-hybridized carbons (Fsp3) is 0.941. The summed E-state index contributed by atoms with van der Waals surface area (Å²) in [5.74, 6) is 1.76. The van der Waals surface area contributed by atoms with Gasteiger partial charge in [-0.05, 0) is 51.7 Å². The van der Waals surface area contributed by atoms with Gasteiger partial charge in [0.15, 0.2) is 5.96 Å². The molecule has 1 heterocycles. The SMILES string of the molecule is CN=C(NCCCOCC1CC1)NCCN1CCCN(C)CC1.I. The molecule has 0 amide bonds.